The van der Waals surface area contributed by atoms with Gasteiger partial charge < -0.3 is 10.2 Å². The number of hydrogen-bond donors (Lipinski definition) is 1. The second-order valence-corrected chi connectivity index (χ2v) is 5.16. The van der Waals surface area contributed by atoms with Crippen molar-refractivity contribution in [1.82, 2.24) is 10.2 Å². The average molecular weight is 285 g/mol. The van der Waals surface area contributed by atoms with Crippen LogP contribution in [0.3, 0.4) is 0 Å². The fourth-order valence-electron chi connectivity index (χ4n) is 2.21. The van der Waals surface area contributed by atoms with Gasteiger partial charge in [0.1, 0.15) is 5.82 Å². The first-order chi connectivity index (χ1) is 9.16. The monoisotopic (exact) mass is 284 g/mol. The molecule has 1 saturated heterocycles. The van der Waals surface area contributed by atoms with E-state index in [2.05, 4.69) is 5.32 Å². The molecule has 0 spiro atoms. The van der Waals surface area contributed by atoms with Gasteiger partial charge in [-0.25, -0.2) is 4.39 Å². The van der Waals surface area contributed by atoms with Gasteiger partial charge in [0.05, 0.1) is 0 Å². The highest BCUT2D eigenvalue weighted by molar-refractivity contribution is 6.31. The Balaban J connectivity index is 1.70. The number of nitrogens with zero attached hydrogens (tertiary/aromatic N) is 1. The lowest BCUT2D eigenvalue weighted by Crippen LogP contribution is -2.30. The molecule has 1 amide bonds. The molecule has 1 aliphatic heterocycles. The number of nitrogens with one attached hydrogen (secondary N) is 1. The topological polar surface area (TPSA) is 32.3 Å². The molecule has 19 heavy (non-hydrogen) atoms. The first kappa shape index (κ1) is 14.3. The maximum Gasteiger partial charge on any atom is 0.223 e. The van der Waals surface area contributed by atoms with Crippen LogP contribution in [0.25, 0.3) is 0 Å². The van der Waals surface area contributed by atoms with Crippen LogP contribution in [0.4, 0.5) is 4.39 Å². The first-order valence-corrected chi connectivity index (χ1v) is 6.97. The molecular formula is C14H18ClFN2O. The highest BCUT2D eigenvalue weighted by Gasteiger charge is 2.16. The van der Waals surface area contributed by atoms with Gasteiger partial charge in [-0.15, -0.1) is 0 Å². The van der Waals surface area contributed by atoms with Crippen LogP contribution in [0.2, 0.25) is 5.02 Å². The van der Waals surface area contributed by atoms with Crippen molar-refractivity contribution in [1.29, 1.82) is 0 Å². The summed E-state index contributed by atoms with van der Waals surface area (Å²) in [6.45, 7) is 2.95. The third kappa shape index (κ3) is 4.18. The minimum absolute atomic E-state index is 0.204. The van der Waals surface area contributed by atoms with Crippen LogP contribution in [0.5, 0.6) is 0 Å². The predicted octanol–water partition coefficient (Wildman–Crippen LogP) is 2.58. The summed E-state index contributed by atoms with van der Waals surface area (Å²) in [6, 6.07) is 4.35. The van der Waals surface area contributed by atoms with Gasteiger partial charge in [0.15, 0.2) is 0 Å². The Hall–Kier alpha value is -1.13. The maximum absolute atomic E-state index is 12.9. The van der Waals surface area contributed by atoms with E-state index in [-0.39, 0.29) is 11.7 Å². The standard InChI is InChI=1S/C14H18ClFN2O/c15-13-9-12(16)4-3-11(13)10-17-6-5-14(19)18-7-1-2-8-18/h3-4,9,17H,1-2,5-8,10H2. The van der Waals surface area contributed by atoms with E-state index >= 15 is 0 Å². The summed E-state index contributed by atoms with van der Waals surface area (Å²) in [6.07, 6.45) is 2.73. The molecule has 0 atom stereocenters. The fourth-order valence-corrected chi connectivity index (χ4v) is 2.44. The van der Waals surface area contributed by atoms with Crippen molar-refractivity contribution in [3.63, 3.8) is 0 Å². The lowest BCUT2D eigenvalue weighted by Gasteiger charge is -2.15. The van der Waals surface area contributed by atoms with Crippen molar-refractivity contribution in [2.24, 2.45) is 0 Å². The van der Waals surface area contributed by atoms with Crippen molar-refractivity contribution in [2.45, 2.75) is 25.8 Å². The lowest BCUT2D eigenvalue weighted by molar-refractivity contribution is -0.130. The lowest BCUT2D eigenvalue weighted by atomic mass is 10.2. The van der Waals surface area contributed by atoms with E-state index in [1.165, 1.54) is 12.1 Å². The van der Waals surface area contributed by atoms with E-state index in [1.807, 2.05) is 4.90 Å². The first-order valence-electron chi connectivity index (χ1n) is 6.59. The fraction of sp³-hybridized carbons (Fsp3) is 0.500. The van der Waals surface area contributed by atoms with Crippen molar-refractivity contribution >= 4 is 17.5 Å². The molecule has 0 unspecified atom stereocenters. The highest BCUT2D eigenvalue weighted by Crippen LogP contribution is 2.16. The van der Waals surface area contributed by atoms with E-state index in [9.17, 15) is 9.18 Å². The summed E-state index contributed by atoms with van der Waals surface area (Å²) in [4.78, 5) is 13.7. The normalized spacial score (nSPS) is 14.9. The Bertz CT molecular complexity index is 447. The molecule has 3 nitrogen and oxygen atoms in total. The van der Waals surface area contributed by atoms with E-state index in [4.69, 9.17) is 11.6 Å². The number of amides is 1. The number of halogens is 2. The Morgan fingerprint density at radius 3 is 2.79 bits per heavy atom. The molecule has 0 bridgehead atoms. The minimum atomic E-state index is -0.335. The largest absolute Gasteiger partial charge is 0.343 e. The predicted molar refractivity (Wildman–Crippen MR) is 73.5 cm³/mol. The smallest absolute Gasteiger partial charge is 0.223 e. The Morgan fingerprint density at radius 1 is 1.37 bits per heavy atom. The Labute approximate surface area is 117 Å². The molecule has 0 aromatic heterocycles. The number of benzene rings is 1. The molecule has 0 saturated carbocycles. The van der Waals surface area contributed by atoms with Gasteiger partial charge in [-0.2, -0.15) is 0 Å². The number of rotatable bonds is 5. The zero-order valence-corrected chi connectivity index (χ0v) is 11.5. The van der Waals surface area contributed by atoms with Crippen LogP contribution >= 0.6 is 11.6 Å². The van der Waals surface area contributed by atoms with Crippen LogP contribution in [-0.2, 0) is 11.3 Å². The summed E-state index contributed by atoms with van der Waals surface area (Å²) in [5, 5.41) is 3.58. The van der Waals surface area contributed by atoms with E-state index in [1.54, 1.807) is 6.07 Å². The third-order valence-corrected chi connectivity index (χ3v) is 3.66. The number of likely N-dealkylation sites (tertiary alicyclic amines) is 1. The molecule has 2 rings (SSSR count). The molecule has 1 aromatic carbocycles. The van der Waals surface area contributed by atoms with Crippen LogP contribution < -0.4 is 5.32 Å². The Morgan fingerprint density at radius 2 is 2.11 bits per heavy atom. The molecule has 1 heterocycles. The van der Waals surface area contributed by atoms with Crippen LogP contribution in [-0.4, -0.2) is 30.4 Å². The molecule has 0 radical (unpaired) electrons. The van der Waals surface area contributed by atoms with Gasteiger partial charge in [-0.05, 0) is 30.5 Å². The zero-order chi connectivity index (χ0) is 13.7. The summed E-state index contributed by atoms with van der Waals surface area (Å²) in [5.74, 6) is -0.131. The second kappa shape index (κ2) is 6.87. The molecule has 1 fully saturated rings. The quantitative estimate of drug-likeness (QED) is 0.843. The molecule has 1 N–H and O–H groups in total. The van der Waals surface area contributed by atoms with Gasteiger partial charge in [0.25, 0.3) is 0 Å². The molecular weight excluding hydrogens is 267 g/mol. The number of hydrogen-bond acceptors (Lipinski definition) is 2. The molecule has 5 heteroatoms. The summed E-state index contributed by atoms with van der Waals surface area (Å²) < 4.78 is 12.9. The molecule has 1 aliphatic rings. The van der Waals surface area contributed by atoms with Crippen LogP contribution in [0.1, 0.15) is 24.8 Å². The van der Waals surface area contributed by atoms with Crippen LogP contribution in [0, 0.1) is 5.82 Å². The van der Waals surface area contributed by atoms with Crippen molar-refractivity contribution in [2.75, 3.05) is 19.6 Å². The van der Waals surface area contributed by atoms with Crippen molar-refractivity contribution in [3.05, 3.63) is 34.6 Å². The number of carbonyl (C=O) groups excluding carboxylic acids is 1. The van der Waals surface area contributed by atoms with Crippen molar-refractivity contribution in [3.8, 4) is 0 Å². The van der Waals surface area contributed by atoms with E-state index < -0.39 is 0 Å². The molecule has 0 aliphatic carbocycles. The minimum Gasteiger partial charge on any atom is -0.343 e. The van der Waals surface area contributed by atoms with Gasteiger partial charge in [0.2, 0.25) is 5.91 Å². The van der Waals surface area contributed by atoms with Gasteiger partial charge in [-0.1, -0.05) is 17.7 Å². The number of carbonyl (C=O) groups is 1. The van der Waals surface area contributed by atoms with Crippen molar-refractivity contribution < 1.29 is 9.18 Å². The van der Waals surface area contributed by atoms with E-state index in [0.29, 0.717) is 24.5 Å². The van der Waals surface area contributed by atoms with Gasteiger partial charge >= 0.3 is 0 Å². The molecule has 104 valence electrons. The maximum atomic E-state index is 12.9. The van der Waals surface area contributed by atoms with Gasteiger partial charge in [-0.3, -0.25) is 4.79 Å². The Kier molecular flexibility index (Phi) is 5.16. The highest BCUT2D eigenvalue weighted by atomic mass is 35.5. The second-order valence-electron chi connectivity index (χ2n) is 4.75. The summed E-state index contributed by atoms with van der Waals surface area (Å²) in [5.41, 5.74) is 0.844. The third-order valence-electron chi connectivity index (χ3n) is 3.30. The van der Waals surface area contributed by atoms with Gasteiger partial charge in [0, 0.05) is 37.6 Å². The average Bonchev–Trinajstić information content (AvgIpc) is 2.90. The summed E-state index contributed by atoms with van der Waals surface area (Å²) >= 11 is 5.92. The van der Waals surface area contributed by atoms with E-state index in [0.717, 1.165) is 31.5 Å². The van der Waals surface area contributed by atoms with Crippen LogP contribution in [0.15, 0.2) is 18.2 Å². The zero-order valence-electron chi connectivity index (χ0n) is 10.8. The molecule has 1 aromatic rings. The summed E-state index contributed by atoms with van der Waals surface area (Å²) in [7, 11) is 0. The SMILES string of the molecule is O=C(CCNCc1ccc(F)cc1Cl)N1CCCC1.